The summed E-state index contributed by atoms with van der Waals surface area (Å²) in [7, 11) is 5.95. The molecule has 0 saturated heterocycles. The Kier molecular flexibility index (Phi) is 3.26. The lowest BCUT2D eigenvalue weighted by molar-refractivity contribution is 0.0963. The van der Waals surface area contributed by atoms with Gasteiger partial charge < -0.3 is 15.2 Å². The van der Waals surface area contributed by atoms with Gasteiger partial charge in [-0.15, -0.1) is 0 Å². The van der Waals surface area contributed by atoms with Crippen LogP contribution in [0.25, 0.3) is 10.9 Å². The molecule has 2 N–H and O–H groups in total. The largest absolute Gasteiger partial charge is 0.358 e. The van der Waals surface area contributed by atoms with Crippen LogP contribution < -0.4 is 5.32 Å². The molecule has 1 heterocycles. The van der Waals surface area contributed by atoms with Crippen molar-refractivity contribution in [2.75, 3.05) is 21.1 Å². The molecule has 2 aromatic rings. The van der Waals surface area contributed by atoms with E-state index in [2.05, 4.69) is 29.3 Å². The normalized spacial score (nSPS) is 18.3. The molecule has 1 atom stereocenters. The molecule has 0 spiro atoms. The second-order valence-electron chi connectivity index (χ2n) is 5.78. The maximum absolute atomic E-state index is 11.8. The van der Waals surface area contributed by atoms with E-state index >= 15 is 0 Å². The summed E-state index contributed by atoms with van der Waals surface area (Å²) in [6.45, 7) is 0. The first-order valence-corrected chi connectivity index (χ1v) is 7.12. The van der Waals surface area contributed by atoms with Crippen molar-refractivity contribution in [3.63, 3.8) is 0 Å². The second-order valence-corrected chi connectivity index (χ2v) is 5.78. The Labute approximate surface area is 119 Å². The lowest BCUT2D eigenvalue weighted by Gasteiger charge is -2.28. The number of nitrogens with zero attached hydrogens (tertiary/aromatic N) is 1. The number of amides is 1. The van der Waals surface area contributed by atoms with Crippen molar-refractivity contribution in [2.24, 2.45) is 0 Å². The summed E-state index contributed by atoms with van der Waals surface area (Å²) in [6.07, 6.45) is 3.33. The topological polar surface area (TPSA) is 48.1 Å². The Morgan fingerprint density at radius 1 is 1.40 bits per heavy atom. The quantitative estimate of drug-likeness (QED) is 0.877. The molecule has 1 aromatic carbocycles. The van der Waals surface area contributed by atoms with Crippen molar-refractivity contribution >= 4 is 16.8 Å². The highest BCUT2D eigenvalue weighted by Crippen LogP contribution is 2.31. The lowest BCUT2D eigenvalue weighted by Crippen LogP contribution is -2.33. The van der Waals surface area contributed by atoms with Gasteiger partial charge in [0.2, 0.25) is 0 Å². The van der Waals surface area contributed by atoms with Gasteiger partial charge in [0.1, 0.15) is 0 Å². The smallest absolute Gasteiger partial charge is 0.251 e. The van der Waals surface area contributed by atoms with E-state index in [1.54, 1.807) is 7.05 Å². The van der Waals surface area contributed by atoms with E-state index in [1.807, 2.05) is 18.2 Å². The van der Waals surface area contributed by atoms with Crippen LogP contribution in [0.4, 0.5) is 0 Å². The number of likely N-dealkylation sites (N-methyl/N-ethyl adjacent to an activating group) is 1. The number of nitrogens with one attached hydrogen (secondary N) is 2. The van der Waals surface area contributed by atoms with E-state index in [0.29, 0.717) is 6.04 Å². The van der Waals surface area contributed by atoms with Gasteiger partial charge in [-0.1, -0.05) is 0 Å². The highest BCUT2D eigenvalue weighted by molar-refractivity contribution is 5.99. The minimum absolute atomic E-state index is 0.0261. The fourth-order valence-electron chi connectivity index (χ4n) is 3.13. The minimum Gasteiger partial charge on any atom is -0.358 e. The predicted molar refractivity (Wildman–Crippen MR) is 81.2 cm³/mol. The number of benzene rings is 1. The van der Waals surface area contributed by atoms with Gasteiger partial charge in [-0.05, 0) is 57.1 Å². The average Bonchev–Trinajstić information content (AvgIpc) is 2.83. The summed E-state index contributed by atoms with van der Waals surface area (Å²) in [4.78, 5) is 17.6. The van der Waals surface area contributed by atoms with Crippen LogP contribution in [0.15, 0.2) is 18.2 Å². The van der Waals surface area contributed by atoms with Gasteiger partial charge in [0.05, 0.1) is 0 Å². The third-order valence-corrected chi connectivity index (χ3v) is 4.38. The fourth-order valence-corrected chi connectivity index (χ4v) is 3.13. The van der Waals surface area contributed by atoms with Crippen LogP contribution in [0.2, 0.25) is 0 Å². The fraction of sp³-hybridized carbons (Fsp3) is 0.438. The van der Waals surface area contributed by atoms with E-state index < -0.39 is 0 Å². The molecule has 4 heteroatoms. The molecule has 0 saturated carbocycles. The minimum atomic E-state index is -0.0261. The standard InChI is InChI=1S/C16H21N3O/c1-17-16(20)10-4-6-14-12(8-10)13-9-11(19(2)3)5-7-15(13)18-14/h4,6,8,11,18H,5,7,9H2,1-3H3,(H,17,20)/t11-/m0/s1. The Hall–Kier alpha value is -1.81. The van der Waals surface area contributed by atoms with E-state index in [9.17, 15) is 4.79 Å². The van der Waals surface area contributed by atoms with Crippen LogP contribution in [0.5, 0.6) is 0 Å². The summed E-state index contributed by atoms with van der Waals surface area (Å²) in [5.41, 5.74) is 4.60. The first-order valence-electron chi connectivity index (χ1n) is 7.12. The molecule has 0 unspecified atom stereocenters. The van der Waals surface area contributed by atoms with E-state index in [0.717, 1.165) is 23.9 Å². The summed E-state index contributed by atoms with van der Waals surface area (Å²) in [5.74, 6) is -0.0261. The molecule has 106 valence electrons. The zero-order chi connectivity index (χ0) is 14.3. The molecular formula is C16H21N3O. The van der Waals surface area contributed by atoms with Crippen LogP contribution in [-0.2, 0) is 12.8 Å². The number of carbonyl (C=O) groups excluding carboxylic acids is 1. The Balaban J connectivity index is 2.07. The van der Waals surface area contributed by atoms with E-state index in [-0.39, 0.29) is 5.91 Å². The van der Waals surface area contributed by atoms with Crippen molar-refractivity contribution in [3.8, 4) is 0 Å². The maximum Gasteiger partial charge on any atom is 0.251 e. The third-order valence-electron chi connectivity index (χ3n) is 4.38. The van der Waals surface area contributed by atoms with E-state index in [4.69, 9.17) is 0 Å². The van der Waals surface area contributed by atoms with Crippen molar-refractivity contribution in [2.45, 2.75) is 25.3 Å². The molecular weight excluding hydrogens is 250 g/mol. The number of hydrogen-bond donors (Lipinski definition) is 2. The van der Waals surface area contributed by atoms with Crippen molar-refractivity contribution in [3.05, 3.63) is 35.0 Å². The zero-order valence-electron chi connectivity index (χ0n) is 12.3. The van der Waals surface area contributed by atoms with Gasteiger partial charge in [0, 0.05) is 35.2 Å². The highest BCUT2D eigenvalue weighted by Gasteiger charge is 2.24. The number of fused-ring (bicyclic) bond motifs is 3. The molecule has 1 aliphatic carbocycles. The van der Waals surface area contributed by atoms with Crippen LogP contribution in [0, 0.1) is 0 Å². The van der Waals surface area contributed by atoms with Crippen LogP contribution in [-0.4, -0.2) is 43.0 Å². The van der Waals surface area contributed by atoms with Gasteiger partial charge in [-0.2, -0.15) is 0 Å². The van der Waals surface area contributed by atoms with Crippen LogP contribution >= 0.6 is 0 Å². The third kappa shape index (κ3) is 2.10. The number of hydrogen-bond acceptors (Lipinski definition) is 2. The summed E-state index contributed by atoms with van der Waals surface area (Å²) in [5, 5.41) is 3.89. The van der Waals surface area contributed by atoms with Crippen molar-refractivity contribution in [1.29, 1.82) is 0 Å². The van der Waals surface area contributed by atoms with Gasteiger partial charge in [0.25, 0.3) is 5.91 Å². The molecule has 0 fully saturated rings. The summed E-state index contributed by atoms with van der Waals surface area (Å²) in [6, 6.07) is 6.50. The molecule has 1 aliphatic rings. The SMILES string of the molecule is CNC(=O)c1ccc2[nH]c3c(c2c1)C[C@@H](N(C)C)CC3. The molecule has 1 amide bonds. The Bertz CT molecular complexity index is 657. The van der Waals surface area contributed by atoms with Gasteiger partial charge in [-0.25, -0.2) is 0 Å². The number of rotatable bonds is 2. The van der Waals surface area contributed by atoms with Gasteiger partial charge in [0.15, 0.2) is 0 Å². The number of aromatic amines is 1. The molecule has 20 heavy (non-hydrogen) atoms. The number of aryl methyl sites for hydroxylation is 1. The Morgan fingerprint density at radius 2 is 2.20 bits per heavy atom. The molecule has 3 rings (SSSR count). The molecule has 0 aliphatic heterocycles. The second kappa shape index (κ2) is 4.94. The van der Waals surface area contributed by atoms with Crippen molar-refractivity contribution < 1.29 is 4.79 Å². The number of carbonyl (C=O) groups is 1. The molecule has 0 radical (unpaired) electrons. The van der Waals surface area contributed by atoms with Gasteiger partial charge in [-0.3, -0.25) is 4.79 Å². The van der Waals surface area contributed by atoms with Crippen LogP contribution in [0.3, 0.4) is 0 Å². The molecule has 1 aromatic heterocycles. The van der Waals surface area contributed by atoms with Gasteiger partial charge >= 0.3 is 0 Å². The van der Waals surface area contributed by atoms with E-state index in [1.165, 1.54) is 23.1 Å². The zero-order valence-corrected chi connectivity index (χ0v) is 12.3. The lowest BCUT2D eigenvalue weighted by atomic mass is 9.90. The first kappa shape index (κ1) is 13.2. The Morgan fingerprint density at radius 3 is 2.90 bits per heavy atom. The number of aromatic nitrogens is 1. The first-order chi connectivity index (χ1) is 9.60. The number of H-pyrrole nitrogens is 1. The predicted octanol–water partition coefficient (Wildman–Crippen LogP) is 1.95. The summed E-state index contributed by atoms with van der Waals surface area (Å²) < 4.78 is 0. The van der Waals surface area contributed by atoms with Crippen molar-refractivity contribution in [1.82, 2.24) is 15.2 Å². The monoisotopic (exact) mass is 271 g/mol. The average molecular weight is 271 g/mol. The highest BCUT2D eigenvalue weighted by atomic mass is 16.1. The molecule has 0 bridgehead atoms. The van der Waals surface area contributed by atoms with Crippen LogP contribution in [0.1, 0.15) is 28.0 Å². The molecule has 4 nitrogen and oxygen atoms in total. The maximum atomic E-state index is 11.8. The summed E-state index contributed by atoms with van der Waals surface area (Å²) >= 11 is 0.